The molecule has 3 N–H and O–H groups in total. The number of rotatable bonds is 5. The lowest BCUT2D eigenvalue weighted by Gasteiger charge is -2.22. The van der Waals surface area contributed by atoms with E-state index in [2.05, 4.69) is 10.6 Å². The maximum atomic E-state index is 12.0. The SMILES string of the molecule is Cc1ccc(S(=O)(=O)NC(=O)NCC(=O)NC2CCCCC2)cc1. The molecule has 2 rings (SSSR count). The fraction of sp³-hybridized carbons (Fsp3) is 0.500. The molecule has 0 aliphatic heterocycles. The van der Waals surface area contributed by atoms with E-state index in [1.807, 2.05) is 11.6 Å². The van der Waals surface area contributed by atoms with Crippen molar-refractivity contribution in [1.82, 2.24) is 15.4 Å². The number of amides is 3. The van der Waals surface area contributed by atoms with Gasteiger partial charge in [-0.1, -0.05) is 37.0 Å². The van der Waals surface area contributed by atoms with Crippen LogP contribution in [0.5, 0.6) is 0 Å². The average molecular weight is 353 g/mol. The normalized spacial score (nSPS) is 15.5. The van der Waals surface area contributed by atoms with Gasteiger partial charge in [0, 0.05) is 6.04 Å². The van der Waals surface area contributed by atoms with Gasteiger partial charge < -0.3 is 10.6 Å². The van der Waals surface area contributed by atoms with Crippen LogP contribution in [0.3, 0.4) is 0 Å². The van der Waals surface area contributed by atoms with Crippen molar-refractivity contribution < 1.29 is 18.0 Å². The van der Waals surface area contributed by atoms with Gasteiger partial charge >= 0.3 is 6.03 Å². The second-order valence-electron chi connectivity index (χ2n) is 6.00. The number of aryl methyl sites for hydroxylation is 1. The van der Waals surface area contributed by atoms with Crippen LogP contribution in [0, 0.1) is 6.92 Å². The van der Waals surface area contributed by atoms with Crippen LogP contribution >= 0.6 is 0 Å². The number of hydrogen-bond donors (Lipinski definition) is 3. The predicted molar refractivity (Wildman–Crippen MR) is 89.9 cm³/mol. The lowest BCUT2D eigenvalue weighted by molar-refractivity contribution is -0.121. The molecule has 0 atom stereocenters. The van der Waals surface area contributed by atoms with Gasteiger partial charge in [0.2, 0.25) is 5.91 Å². The average Bonchev–Trinajstić information content (AvgIpc) is 2.54. The Labute approximate surface area is 142 Å². The Hall–Kier alpha value is -2.09. The maximum absolute atomic E-state index is 12.0. The molecule has 132 valence electrons. The third-order valence-electron chi connectivity index (χ3n) is 3.94. The number of carbonyl (C=O) groups excluding carboxylic acids is 2. The second-order valence-corrected chi connectivity index (χ2v) is 7.69. The number of sulfonamides is 1. The molecule has 0 saturated heterocycles. The van der Waals surface area contributed by atoms with Crippen LogP contribution in [0.4, 0.5) is 4.79 Å². The monoisotopic (exact) mass is 353 g/mol. The van der Waals surface area contributed by atoms with Crippen LogP contribution in [0.15, 0.2) is 29.2 Å². The molecule has 1 aliphatic carbocycles. The Morgan fingerprint density at radius 1 is 1.08 bits per heavy atom. The molecular weight excluding hydrogens is 330 g/mol. The smallest absolute Gasteiger partial charge is 0.329 e. The van der Waals surface area contributed by atoms with Crippen molar-refractivity contribution in [2.75, 3.05) is 6.54 Å². The fourth-order valence-corrected chi connectivity index (χ4v) is 3.55. The lowest BCUT2D eigenvalue weighted by atomic mass is 9.95. The minimum absolute atomic E-state index is 0.00472. The zero-order valence-corrected chi connectivity index (χ0v) is 14.5. The highest BCUT2D eigenvalue weighted by atomic mass is 32.2. The molecule has 7 nitrogen and oxygen atoms in total. The number of carbonyl (C=O) groups is 2. The Balaban J connectivity index is 1.79. The minimum atomic E-state index is -3.95. The van der Waals surface area contributed by atoms with E-state index in [0.29, 0.717) is 0 Å². The molecule has 24 heavy (non-hydrogen) atoms. The standard InChI is InChI=1S/C16H23N3O4S/c1-12-7-9-14(10-8-12)24(22,23)19-16(21)17-11-15(20)18-13-5-3-2-4-6-13/h7-10,13H,2-6,11H2,1H3,(H,18,20)(H2,17,19,21). The van der Waals surface area contributed by atoms with Crippen LogP contribution < -0.4 is 15.4 Å². The lowest BCUT2D eigenvalue weighted by Crippen LogP contribution is -2.46. The molecule has 0 unspecified atom stereocenters. The van der Waals surface area contributed by atoms with Gasteiger partial charge in [-0.25, -0.2) is 17.9 Å². The van der Waals surface area contributed by atoms with Crippen LogP contribution in [0.25, 0.3) is 0 Å². The molecule has 0 bridgehead atoms. The minimum Gasteiger partial charge on any atom is -0.352 e. The van der Waals surface area contributed by atoms with E-state index in [4.69, 9.17) is 0 Å². The summed E-state index contributed by atoms with van der Waals surface area (Å²) in [5, 5.41) is 5.11. The van der Waals surface area contributed by atoms with Crippen molar-refractivity contribution in [1.29, 1.82) is 0 Å². The topological polar surface area (TPSA) is 104 Å². The van der Waals surface area contributed by atoms with Crippen molar-refractivity contribution in [3.05, 3.63) is 29.8 Å². The molecule has 8 heteroatoms. The Kier molecular flexibility index (Phi) is 6.19. The second kappa shape index (κ2) is 8.14. The Bertz CT molecular complexity index is 680. The summed E-state index contributed by atoms with van der Waals surface area (Å²) in [7, 11) is -3.95. The van der Waals surface area contributed by atoms with Gasteiger partial charge in [-0.15, -0.1) is 0 Å². The van der Waals surface area contributed by atoms with Gasteiger partial charge in [-0.3, -0.25) is 4.79 Å². The van der Waals surface area contributed by atoms with Gasteiger partial charge in [-0.2, -0.15) is 0 Å². The first-order valence-corrected chi connectivity index (χ1v) is 9.52. The molecule has 0 spiro atoms. The van der Waals surface area contributed by atoms with E-state index in [1.165, 1.54) is 18.6 Å². The molecule has 1 aromatic rings. The van der Waals surface area contributed by atoms with E-state index < -0.39 is 16.1 Å². The van der Waals surface area contributed by atoms with Gasteiger partial charge in [0.15, 0.2) is 0 Å². The third kappa shape index (κ3) is 5.52. The molecule has 0 radical (unpaired) electrons. The first-order valence-electron chi connectivity index (χ1n) is 8.03. The van der Waals surface area contributed by atoms with Crippen LogP contribution in [-0.4, -0.2) is 32.9 Å². The summed E-state index contributed by atoms with van der Waals surface area (Å²) in [5.74, 6) is -0.315. The summed E-state index contributed by atoms with van der Waals surface area (Å²) >= 11 is 0. The van der Waals surface area contributed by atoms with Crippen LogP contribution in [-0.2, 0) is 14.8 Å². The van der Waals surface area contributed by atoms with E-state index in [-0.39, 0.29) is 23.4 Å². The summed E-state index contributed by atoms with van der Waals surface area (Å²) < 4.78 is 26.0. The van der Waals surface area contributed by atoms with E-state index in [9.17, 15) is 18.0 Å². The highest BCUT2D eigenvalue weighted by Gasteiger charge is 2.19. The van der Waals surface area contributed by atoms with Gasteiger partial charge in [-0.05, 0) is 31.9 Å². The molecule has 0 aromatic heterocycles. The summed E-state index contributed by atoms with van der Waals surface area (Å²) in [6.07, 6.45) is 5.25. The van der Waals surface area contributed by atoms with Crippen LogP contribution in [0.2, 0.25) is 0 Å². The molecule has 1 aliphatic rings. The molecule has 1 aromatic carbocycles. The predicted octanol–water partition coefficient (Wildman–Crippen LogP) is 1.43. The highest BCUT2D eigenvalue weighted by Crippen LogP contribution is 2.17. The van der Waals surface area contributed by atoms with E-state index >= 15 is 0 Å². The number of hydrogen-bond acceptors (Lipinski definition) is 4. The molecule has 1 fully saturated rings. The first-order chi connectivity index (χ1) is 11.4. The largest absolute Gasteiger partial charge is 0.352 e. The highest BCUT2D eigenvalue weighted by molar-refractivity contribution is 7.90. The molecule has 0 heterocycles. The zero-order chi connectivity index (χ0) is 17.6. The third-order valence-corrected chi connectivity index (χ3v) is 5.29. The van der Waals surface area contributed by atoms with Gasteiger partial charge in [0.1, 0.15) is 0 Å². The van der Waals surface area contributed by atoms with E-state index in [1.54, 1.807) is 12.1 Å². The fourth-order valence-electron chi connectivity index (χ4n) is 2.62. The molecule has 1 saturated carbocycles. The quantitative estimate of drug-likeness (QED) is 0.745. The Morgan fingerprint density at radius 3 is 2.33 bits per heavy atom. The van der Waals surface area contributed by atoms with Crippen molar-refractivity contribution >= 4 is 22.0 Å². The summed E-state index contributed by atoms with van der Waals surface area (Å²) in [4.78, 5) is 23.5. The number of urea groups is 1. The number of benzene rings is 1. The van der Waals surface area contributed by atoms with Crippen molar-refractivity contribution in [3.8, 4) is 0 Å². The summed E-state index contributed by atoms with van der Waals surface area (Å²) in [5.41, 5.74) is 0.915. The zero-order valence-electron chi connectivity index (χ0n) is 13.7. The summed E-state index contributed by atoms with van der Waals surface area (Å²) in [6, 6.07) is 5.34. The maximum Gasteiger partial charge on any atom is 0.329 e. The van der Waals surface area contributed by atoms with Gasteiger partial charge in [0.05, 0.1) is 11.4 Å². The summed E-state index contributed by atoms with van der Waals surface area (Å²) in [6.45, 7) is 1.58. The molecule has 3 amide bonds. The Morgan fingerprint density at radius 2 is 1.71 bits per heavy atom. The number of nitrogens with one attached hydrogen (secondary N) is 3. The van der Waals surface area contributed by atoms with Crippen molar-refractivity contribution in [3.63, 3.8) is 0 Å². The van der Waals surface area contributed by atoms with Crippen molar-refractivity contribution in [2.24, 2.45) is 0 Å². The van der Waals surface area contributed by atoms with Crippen LogP contribution in [0.1, 0.15) is 37.7 Å². The van der Waals surface area contributed by atoms with Gasteiger partial charge in [0.25, 0.3) is 10.0 Å². The van der Waals surface area contributed by atoms with Crippen molar-refractivity contribution in [2.45, 2.75) is 50.0 Å². The van der Waals surface area contributed by atoms with E-state index in [0.717, 1.165) is 31.2 Å². The molecular formula is C16H23N3O4S. The first kappa shape index (κ1) is 18.3.